The van der Waals surface area contributed by atoms with Gasteiger partial charge in [-0.05, 0) is 62.7 Å². The number of aliphatic hydroxyl groups is 1. The molecule has 4 heterocycles. The van der Waals surface area contributed by atoms with Gasteiger partial charge in [-0.25, -0.2) is 0 Å². The summed E-state index contributed by atoms with van der Waals surface area (Å²) >= 11 is 0. The van der Waals surface area contributed by atoms with Crippen molar-refractivity contribution in [3.05, 3.63) is 58.7 Å². The van der Waals surface area contributed by atoms with E-state index in [9.17, 15) is 9.90 Å². The van der Waals surface area contributed by atoms with Gasteiger partial charge in [0.05, 0.1) is 36.5 Å². The van der Waals surface area contributed by atoms with Crippen molar-refractivity contribution in [1.29, 1.82) is 0 Å². The van der Waals surface area contributed by atoms with Crippen molar-refractivity contribution < 1.29 is 33.7 Å². The normalized spacial score (nSPS) is 41.5. The van der Waals surface area contributed by atoms with Gasteiger partial charge in [-0.1, -0.05) is 61.0 Å². The summed E-state index contributed by atoms with van der Waals surface area (Å²) in [4.78, 5) is 19.2. The summed E-state index contributed by atoms with van der Waals surface area (Å²) in [6.45, 7) is 10.8. The molecule has 236 valence electrons. The fourth-order valence-electron chi connectivity index (χ4n) is 7.29. The largest absolute Gasteiger partial charge is 0.462 e. The molecule has 0 aromatic carbocycles. The molecule has 1 N–H and O–H groups in total. The van der Waals surface area contributed by atoms with Crippen LogP contribution in [0.15, 0.2) is 63.9 Å². The van der Waals surface area contributed by atoms with Crippen LogP contribution in [0.1, 0.15) is 79.6 Å². The molecule has 0 radical (unpaired) electrons. The first-order valence-corrected chi connectivity index (χ1v) is 15.9. The third-order valence-electron chi connectivity index (χ3n) is 9.29. The summed E-state index contributed by atoms with van der Waals surface area (Å²) in [5.74, 6) is -1.72. The van der Waals surface area contributed by atoms with Crippen molar-refractivity contribution >= 4 is 11.7 Å². The van der Waals surface area contributed by atoms with Crippen LogP contribution in [-0.2, 0) is 28.6 Å². The van der Waals surface area contributed by atoms with E-state index in [-0.39, 0.29) is 24.1 Å². The molecule has 1 aliphatic carbocycles. The van der Waals surface area contributed by atoms with Crippen molar-refractivity contribution in [2.45, 2.75) is 116 Å². The van der Waals surface area contributed by atoms with Gasteiger partial charge >= 0.3 is 5.97 Å². The molecular formula is C35H49NO7. The van der Waals surface area contributed by atoms with Gasteiger partial charge < -0.3 is 28.9 Å². The summed E-state index contributed by atoms with van der Waals surface area (Å²) in [5.41, 5.74) is 5.05. The molecule has 43 heavy (non-hydrogen) atoms. The standard InChI is InChI=1S/C35H49NO7/c1-21(2)14-23(4)30-16-26(36-39-6)18-35(43-30)19-28-17-27(42-35)13-12-22(3)10-8-7-9-11-25-20-40-33-31(25)29(34(38)41-28)15-24(5)32(33)37/h7,9,11-12,14-15,21,27-33,37H,8,10,13,16-20H2,1-6H3/b9-7+,22-12+,23-14+,25-11+,36-26-/t27-,28?,29-,30?,31?,32?,33?,35?/m1/s1. The van der Waals surface area contributed by atoms with E-state index in [1.807, 2.05) is 19.1 Å². The molecule has 0 aromatic rings. The van der Waals surface area contributed by atoms with Gasteiger partial charge in [-0.15, -0.1) is 0 Å². The molecule has 0 aromatic heterocycles. The van der Waals surface area contributed by atoms with Crippen LogP contribution in [0.25, 0.3) is 0 Å². The number of carbonyl (C=O) groups excluding carboxylic acids is 1. The lowest BCUT2D eigenvalue weighted by molar-refractivity contribution is -0.308. The lowest BCUT2D eigenvalue weighted by Gasteiger charge is -2.48. The maximum atomic E-state index is 14.0. The Morgan fingerprint density at radius 2 is 2.05 bits per heavy atom. The highest BCUT2D eigenvalue weighted by molar-refractivity contribution is 5.86. The number of aliphatic hydroxyl groups excluding tert-OH is 1. The summed E-state index contributed by atoms with van der Waals surface area (Å²) in [6.07, 6.45) is 15.2. The molecular weight excluding hydrogens is 546 g/mol. The van der Waals surface area contributed by atoms with E-state index in [1.165, 1.54) is 5.57 Å². The minimum absolute atomic E-state index is 0.189. The predicted molar refractivity (Wildman–Crippen MR) is 165 cm³/mol. The van der Waals surface area contributed by atoms with Crippen molar-refractivity contribution in [2.24, 2.45) is 22.9 Å². The molecule has 0 amide bonds. The molecule has 4 aliphatic heterocycles. The number of rotatable bonds is 3. The molecule has 8 nitrogen and oxygen atoms in total. The fraction of sp³-hybridized carbons (Fsp3) is 0.657. The van der Waals surface area contributed by atoms with Gasteiger partial charge in [-0.2, -0.15) is 0 Å². The summed E-state index contributed by atoms with van der Waals surface area (Å²) < 4.78 is 26.1. The van der Waals surface area contributed by atoms with Crippen molar-refractivity contribution in [2.75, 3.05) is 13.7 Å². The maximum Gasteiger partial charge on any atom is 0.313 e. The van der Waals surface area contributed by atoms with Gasteiger partial charge in [0.1, 0.15) is 19.3 Å². The fourth-order valence-corrected chi connectivity index (χ4v) is 7.29. The van der Waals surface area contributed by atoms with E-state index < -0.39 is 30.0 Å². The average Bonchev–Trinajstić information content (AvgIpc) is 3.36. The number of nitrogens with zero attached hydrogens (tertiary/aromatic N) is 1. The second-order valence-corrected chi connectivity index (χ2v) is 13.3. The van der Waals surface area contributed by atoms with Crippen LogP contribution in [0.5, 0.6) is 0 Å². The Balaban J connectivity index is 1.49. The number of hydrogen-bond acceptors (Lipinski definition) is 8. The highest BCUT2D eigenvalue weighted by Crippen LogP contribution is 2.45. The van der Waals surface area contributed by atoms with Crippen LogP contribution >= 0.6 is 0 Å². The number of ether oxygens (including phenoxy) is 4. The molecule has 2 bridgehead atoms. The Labute approximate surface area is 256 Å². The van der Waals surface area contributed by atoms with Crippen molar-refractivity contribution in [3.63, 3.8) is 0 Å². The SMILES string of the molecule is CO/N=C1/CC(/C(C)=C/C(C)C)OC2(C1)CC1C[C@@H](C/C=C(\C)CC/C=C/C=C3\COC4C(O)C(C)=C[C@@H](C(=O)O1)C34)O2. The summed E-state index contributed by atoms with van der Waals surface area (Å²) in [6, 6.07) is 0. The highest BCUT2D eigenvalue weighted by Gasteiger charge is 2.51. The molecule has 0 saturated carbocycles. The van der Waals surface area contributed by atoms with E-state index in [4.69, 9.17) is 23.8 Å². The highest BCUT2D eigenvalue weighted by atomic mass is 16.7. The number of carbonyl (C=O) groups is 1. The van der Waals surface area contributed by atoms with Crippen LogP contribution in [0, 0.1) is 17.8 Å². The molecule has 3 fully saturated rings. The van der Waals surface area contributed by atoms with Crippen molar-refractivity contribution in [1.82, 2.24) is 0 Å². The first-order valence-electron chi connectivity index (χ1n) is 15.9. The predicted octanol–water partition coefficient (Wildman–Crippen LogP) is 6.12. The lowest BCUT2D eigenvalue weighted by Crippen LogP contribution is -2.55. The summed E-state index contributed by atoms with van der Waals surface area (Å²) in [7, 11) is 1.56. The molecule has 3 saturated heterocycles. The topological polar surface area (TPSA) is 95.8 Å². The maximum absolute atomic E-state index is 14.0. The third kappa shape index (κ3) is 7.42. The smallest absolute Gasteiger partial charge is 0.313 e. The Morgan fingerprint density at radius 1 is 1.23 bits per heavy atom. The van der Waals surface area contributed by atoms with Crippen LogP contribution < -0.4 is 0 Å². The number of allylic oxidation sites excluding steroid dienone is 5. The number of hydrogen-bond donors (Lipinski definition) is 1. The van der Waals surface area contributed by atoms with E-state index in [2.05, 4.69) is 57.2 Å². The number of fused-ring (bicyclic) bond motifs is 2. The number of esters is 1. The molecule has 5 aliphatic rings. The summed E-state index contributed by atoms with van der Waals surface area (Å²) in [5, 5.41) is 15.3. The minimum Gasteiger partial charge on any atom is -0.462 e. The number of oxime groups is 1. The molecule has 1 spiro atoms. The zero-order chi connectivity index (χ0) is 30.7. The Kier molecular flexibility index (Phi) is 10.1. The quantitative estimate of drug-likeness (QED) is 0.239. The molecule has 5 rings (SSSR count). The van der Waals surface area contributed by atoms with E-state index in [0.29, 0.717) is 44.6 Å². The zero-order valence-corrected chi connectivity index (χ0v) is 26.6. The Morgan fingerprint density at radius 3 is 2.81 bits per heavy atom. The van der Waals surface area contributed by atoms with Gasteiger partial charge in [0.15, 0.2) is 5.79 Å². The van der Waals surface area contributed by atoms with Crippen LogP contribution in [0.4, 0.5) is 0 Å². The second kappa shape index (κ2) is 13.6. The first-order chi connectivity index (χ1) is 20.6. The third-order valence-corrected chi connectivity index (χ3v) is 9.29. The molecule has 6 unspecified atom stereocenters. The Hall–Kier alpha value is -2.52. The minimum atomic E-state index is -0.991. The molecule has 8 atom stereocenters. The van der Waals surface area contributed by atoms with Crippen LogP contribution in [0.3, 0.4) is 0 Å². The van der Waals surface area contributed by atoms with Gasteiger partial charge in [0.25, 0.3) is 0 Å². The van der Waals surface area contributed by atoms with Gasteiger partial charge in [-0.3, -0.25) is 4.79 Å². The lowest BCUT2D eigenvalue weighted by atomic mass is 9.75. The van der Waals surface area contributed by atoms with Crippen LogP contribution in [0.2, 0.25) is 0 Å². The van der Waals surface area contributed by atoms with Gasteiger partial charge in [0.2, 0.25) is 0 Å². The Bertz CT molecular complexity index is 1230. The monoisotopic (exact) mass is 595 g/mol. The second-order valence-electron chi connectivity index (χ2n) is 13.3. The van der Waals surface area contributed by atoms with Gasteiger partial charge in [0, 0.05) is 31.6 Å². The van der Waals surface area contributed by atoms with E-state index in [0.717, 1.165) is 35.3 Å². The first kappa shape index (κ1) is 31.9. The zero-order valence-electron chi connectivity index (χ0n) is 26.6. The van der Waals surface area contributed by atoms with E-state index in [1.54, 1.807) is 7.11 Å². The average molecular weight is 596 g/mol. The van der Waals surface area contributed by atoms with E-state index >= 15 is 0 Å². The van der Waals surface area contributed by atoms with Crippen LogP contribution in [-0.4, -0.2) is 66.8 Å². The van der Waals surface area contributed by atoms with Crippen molar-refractivity contribution in [3.8, 4) is 0 Å². The molecule has 8 heteroatoms.